The first-order valence-electron chi connectivity index (χ1n) is 9.53. The van der Waals surface area contributed by atoms with Crippen molar-refractivity contribution in [2.24, 2.45) is 0 Å². The Bertz CT molecular complexity index is 990. The van der Waals surface area contributed by atoms with Gasteiger partial charge in [-0.05, 0) is 30.5 Å². The van der Waals surface area contributed by atoms with Gasteiger partial charge in [0.1, 0.15) is 0 Å². The maximum atomic E-state index is 12.4. The number of nitrogens with one attached hydrogen (secondary N) is 2. The fourth-order valence-electron chi connectivity index (χ4n) is 3.29. The molecule has 3 rings (SSSR count). The van der Waals surface area contributed by atoms with Gasteiger partial charge in [0.05, 0.1) is 22.4 Å². The number of nitriles is 1. The molecule has 2 aromatic rings. The van der Waals surface area contributed by atoms with E-state index >= 15 is 0 Å². The molecule has 0 spiro atoms. The number of benzene rings is 2. The van der Waals surface area contributed by atoms with Gasteiger partial charge in [-0.2, -0.15) is 5.26 Å². The molecular weight excluding hydrogens is 382 g/mol. The number of para-hydroxylation sites is 1. The lowest BCUT2D eigenvalue weighted by atomic mass is 9.87. The molecule has 0 radical (unpaired) electrons. The monoisotopic (exact) mass is 405 g/mol. The molecule has 0 saturated carbocycles. The summed E-state index contributed by atoms with van der Waals surface area (Å²) in [6.45, 7) is 4.03. The van der Waals surface area contributed by atoms with Crippen LogP contribution >= 0.6 is 11.8 Å². The third kappa shape index (κ3) is 5.07. The van der Waals surface area contributed by atoms with Crippen LogP contribution in [0.25, 0.3) is 0 Å². The van der Waals surface area contributed by atoms with E-state index in [-0.39, 0.29) is 29.9 Å². The molecule has 2 amide bonds. The van der Waals surface area contributed by atoms with Crippen molar-refractivity contribution < 1.29 is 9.59 Å². The van der Waals surface area contributed by atoms with Crippen molar-refractivity contribution in [2.45, 2.75) is 32.6 Å². The number of aryl methyl sites for hydroxylation is 2. The van der Waals surface area contributed by atoms with Crippen molar-refractivity contribution in [1.82, 2.24) is 5.32 Å². The predicted octanol–water partition coefficient (Wildman–Crippen LogP) is 4.27. The zero-order chi connectivity index (χ0) is 20.8. The molecule has 0 fully saturated rings. The van der Waals surface area contributed by atoms with Crippen molar-refractivity contribution in [1.29, 1.82) is 5.26 Å². The Kier molecular flexibility index (Phi) is 6.73. The number of hydrogen-bond acceptors (Lipinski definition) is 4. The van der Waals surface area contributed by atoms with Gasteiger partial charge in [0.2, 0.25) is 11.8 Å². The molecule has 1 heterocycles. The molecule has 6 heteroatoms. The van der Waals surface area contributed by atoms with Crippen molar-refractivity contribution in [3.05, 3.63) is 75.8 Å². The highest BCUT2D eigenvalue weighted by molar-refractivity contribution is 8.03. The zero-order valence-electron chi connectivity index (χ0n) is 16.5. The minimum atomic E-state index is -0.291. The Morgan fingerprint density at radius 3 is 2.66 bits per heavy atom. The molecule has 0 aliphatic carbocycles. The Morgan fingerprint density at radius 1 is 1.24 bits per heavy atom. The lowest BCUT2D eigenvalue weighted by Gasteiger charge is -2.25. The predicted molar refractivity (Wildman–Crippen MR) is 116 cm³/mol. The van der Waals surface area contributed by atoms with Crippen LogP contribution in [0.3, 0.4) is 0 Å². The molecule has 2 N–H and O–H groups in total. The summed E-state index contributed by atoms with van der Waals surface area (Å²) in [5.41, 5.74) is 4.41. The van der Waals surface area contributed by atoms with Crippen LogP contribution in [-0.4, -0.2) is 17.6 Å². The van der Waals surface area contributed by atoms with Gasteiger partial charge in [-0.15, -0.1) is 0 Å². The van der Waals surface area contributed by atoms with Gasteiger partial charge in [0.15, 0.2) is 0 Å². The largest absolute Gasteiger partial charge is 0.325 e. The molecular formula is C23H23N3O2S. The van der Waals surface area contributed by atoms with E-state index in [1.165, 1.54) is 11.8 Å². The quantitative estimate of drug-likeness (QED) is 0.752. The molecule has 1 aliphatic rings. The van der Waals surface area contributed by atoms with Crippen molar-refractivity contribution in [2.75, 3.05) is 11.1 Å². The average molecular weight is 406 g/mol. The van der Waals surface area contributed by atoms with Crippen LogP contribution < -0.4 is 10.6 Å². The van der Waals surface area contributed by atoms with Gasteiger partial charge < -0.3 is 10.6 Å². The Morgan fingerprint density at radius 2 is 1.97 bits per heavy atom. The molecule has 0 bridgehead atoms. The number of rotatable bonds is 6. The zero-order valence-corrected chi connectivity index (χ0v) is 17.3. The average Bonchev–Trinajstić information content (AvgIpc) is 2.72. The second-order valence-corrected chi connectivity index (χ2v) is 7.90. The van der Waals surface area contributed by atoms with E-state index in [0.29, 0.717) is 10.6 Å². The number of hydrogen-bond donors (Lipinski definition) is 2. The van der Waals surface area contributed by atoms with Gasteiger partial charge in [-0.1, -0.05) is 66.7 Å². The van der Waals surface area contributed by atoms with E-state index in [1.807, 2.05) is 62.4 Å². The number of amides is 2. The highest BCUT2D eigenvalue weighted by Crippen LogP contribution is 2.36. The van der Waals surface area contributed by atoms with Crippen LogP contribution in [0.15, 0.2) is 59.1 Å². The minimum Gasteiger partial charge on any atom is -0.325 e. The summed E-state index contributed by atoms with van der Waals surface area (Å²) >= 11 is 1.19. The number of nitrogens with zero attached hydrogens (tertiary/aromatic N) is 1. The van der Waals surface area contributed by atoms with Gasteiger partial charge in [0.25, 0.3) is 0 Å². The molecule has 0 aromatic heterocycles. The van der Waals surface area contributed by atoms with E-state index in [9.17, 15) is 14.9 Å². The van der Waals surface area contributed by atoms with Crippen LogP contribution in [0.4, 0.5) is 5.69 Å². The number of carbonyl (C=O) groups excluding carboxylic acids is 2. The smallest absolute Gasteiger partial charge is 0.234 e. The van der Waals surface area contributed by atoms with E-state index in [0.717, 1.165) is 28.8 Å². The number of anilines is 1. The minimum absolute atomic E-state index is 0.111. The van der Waals surface area contributed by atoms with Crippen molar-refractivity contribution in [3.8, 4) is 6.07 Å². The molecule has 5 nitrogen and oxygen atoms in total. The van der Waals surface area contributed by atoms with Crippen molar-refractivity contribution >= 4 is 29.3 Å². The van der Waals surface area contributed by atoms with Gasteiger partial charge in [-0.3, -0.25) is 9.59 Å². The van der Waals surface area contributed by atoms with Crippen LogP contribution in [-0.2, 0) is 16.0 Å². The first-order chi connectivity index (χ1) is 14.0. The van der Waals surface area contributed by atoms with Crippen molar-refractivity contribution in [3.63, 3.8) is 0 Å². The third-order valence-electron chi connectivity index (χ3n) is 4.86. The molecule has 2 aromatic carbocycles. The van der Waals surface area contributed by atoms with E-state index < -0.39 is 0 Å². The van der Waals surface area contributed by atoms with Gasteiger partial charge in [-0.25, -0.2) is 0 Å². The second kappa shape index (κ2) is 9.44. The Hall–Kier alpha value is -3.04. The molecule has 1 atom stereocenters. The van der Waals surface area contributed by atoms with Gasteiger partial charge in [0, 0.05) is 18.0 Å². The summed E-state index contributed by atoms with van der Waals surface area (Å²) in [7, 11) is 0. The van der Waals surface area contributed by atoms with Crippen LogP contribution in [0.1, 0.15) is 36.0 Å². The summed E-state index contributed by atoms with van der Waals surface area (Å²) in [4.78, 5) is 24.7. The molecule has 1 aliphatic heterocycles. The maximum Gasteiger partial charge on any atom is 0.234 e. The summed E-state index contributed by atoms with van der Waals surface area (Å²) in [6.07, 6.45) is 1.05. The lowest BCUT2D eigenvalue weighted by molar-refractivity contribution is -0.121. The van der Waals surface area contributed by atoms with Gasteiger partial charge >= 0.3 is 0 Å². The summed E-state index contributed by atoms with van der Waals surface area (Å²) in [5, 5.41) is 15.9. The SMILES string of the molecule is CCc1ccccc1NC(=O)CSC1=C(C#N)[C@@H](c2ccc(C)cc2)CC(=O)N1. The normalized spacial score (nSPS) is 16.2. The summed E-state index contributed by atoms with van der Waals surface area (Å²) < 4.78 is 0. The highest BCUT2D eigenvalue weighted by atomic mass is 32.2. The topological polar surface area (TPSA) is 82.0 Å². The van der Waals surface area contributed by atoms with Crippen LogP contribution in [0.5, 0.6) is 0 Å². The standard InChI is InChI=1S/C23H23N3O2S/c1-3-16-6-4-5-7-20(16)25-22(28)14-29-23-19(13-24)18(12-21(27)26-23)17-10-8-15(2)9-11-17/h4-11,18H,3,12,14H2,1-2H3,(H,25,28)(H,26,27)/t18-/m1/s1. The molecule has 148 valence electrons. The second-order valence-electron chi connectivity index (χ2n) is 6.92. The first kappa shape index (κ1) is 20.7. The number of thioether (sulfide) groups is 1. The molecule has 0 saturated heterocycles. The van der Waals surface area contributed by atoms with Crippen LogP contribution in [0.2, 0.25) is 0 Å². The summed E-state index contributed by atoms with van der Waals surface area (Å²) in [5.74, 6) is -0.499. The fraction of sp³-hybridized carbons (Fsp3) is 0.261. The maximum absolute atomic E-state index is 12.4. The van der Waals surface area contributed by atoms with Crippen LogP contribution in [0, 0.1) is 18.3 Å². The van der Waals surface area contributed by atoms with E-state index in [2.05, 4.69) is 16.7 Å². The fourth-order valence-corrected chi connectivity index (χ4v) is 4.17. The lowest BCUT2D eigenvalue weighted by Crippen LogP contribution is -2.31. The summed E-state index contributed by atoms with van der Waals surface area (Å²) in [6, 6.07) is 17.8. The molecule has 0 unspecified atom stereocenters. The van der Waals surface area contributed by atoms with E-state index in [4.69, 9.17) is 0 Å². The molecule has 29 heavy (non-hydrogen) atoms. The third-order valence-corrected chi connectivity index (χ3v) is 5.87. The Labute approximate surface area is 175 Å². The van der Waals surface area contributed by atoms with E-state index in [1.54, 1.807) is 0 Å². The number of allylic oxidation sites excluding steroid dienone is 1. The Balaban J connectivity index is 1.75. The highest BCUT2D eigenvalue weighted by Gasteiger charge is 2.29. The first-order valence-corrected chi connectivity index (χ1v) is 10.5. The number of carbonyl (C=O) groups is 2.